The second kappa shape index (κ2) is 13.4. The highest BCUT2D eigenvalue weighted by molar-refractivity contribution is 7.26. The van der Waals surface area contributed by atoms with Gasteiger partial charge in [0.25, 0.3) is 0 Å². The fourth-order valence-electron chi connectivity index (χ4n) is 9.78. The quantitative estimate of drug-likeness (QED) is 0.162. The first kappa shape index (κ1) is 33.8. The summed E-state index contributed by atoms with van der Waals surface area (Å²) in [5.41, 5.74) is 13.6. The van der Waals surface area contributed by atoms with E-state index >= 15 is 0 Å². The van der Waals surface area contributed by atoms with Gasteiger partial charge in [0.2, 0.25) is 0 Å². The number of hydrogen-bond acceptors (Lipinski definition) is 3. The molecular weight excluding hydrogens is 733 g/mol. The average molecular weight is 769 g/mol. The zero-order valence-electron chi connectivity index (χ0n) is 32.1. The third-order valence-corrected chi connectivity index (χ3v) is 13.5. The van der Waals surface area contributed by atoms with E-state index in [-0.39, 0.29) is 0 Å². The predicted octanol–water partition coefficient (Wildman–Crippen LogP) is 15.3. The summed E-state index contributed by atoms with van der Waals surface area (Å²) in [6.45, 7) is 0. The Morgan fingerprint density at radius 2 is 0.983 bits per heavy atom. The Morgan fingerprint density at radius 1 is 0.407 bits per heavy atom. The smallest absolute Gasteiger partial charge is 0.0788 e. The number of fused-ring (bicyclic) bond motifs is 9. The van der Waals surface area contributed by atoms with Crippen molar-refractivity contribution >= 4 is 70.2 Å². The van der Waals surface area contributed by atoms with Crippen LogP contribution in [0, 0.1) is 0 Å². The molecule has 2 nitrogen and oxygen atoms in total. The summed E-state index contributed by atoms with van der Waals surface area (Å²) < 4.78 is 2.59. The number of pyridine rings is 1. The zero-order valence-corrected chi connectivity index (χ0v) is 32.9. The summed E-state index contributed by atoms with van der Waals surface area (Å²) in [7, 11) is 0. The van der Waals surface area contributed by atoms with E-state index in [0.29, 0.717) is 0 Å². The number of aromatic nitrogens is 1. The Morgan fingerprint density at radius 3 is 1.69 bits per heavy atom. The van der Waals surface area contributed by atoms with Crippen molar-refractivity contribution in [3.8, 4) is 22.4 Å². The first-order chi connectivity index (χ1) is 29.3. The van der Waals surface area contributed by atoms with E-state index in [1.165, 1.54) is 81.1 Å². The van der Waals surface area contributed by atoms with Crippen molar-refractivity contribution in [3.05, 3.63) is 241 Å². The normalized spacial score (nSPS) is 13.2. The Labute approximate surface area is 346 Å². The highest BCUT2D eigenvalue weighted by Crippen LogP contribution is 2.57. The maximum Gasteiger partial charge on any atom is 0.0788 e. The predicted molar refractivity (Wildman–Crippen MR) is 250 cm³/mol. The molecule has 0 radical (unpaired) electrons. The molecule has 0 spiro atoms. The highest BCUT2D eigenvalue weighted by atomic mass is 32.1. The number of benzene rings is 9. The molecule has 0 fully saturated rings. The molecule has 0 unspecified atom stereocenters. The lowest BCUT2D eigenvalue weighted by atomic mass is 9.62. The Balaban J connectivity index is 1.03. The Bertz CT molecular complexity index is 3300. The van der Waals surface area contributed by atoms with E-state index in [1.807, 2.05) is 11.3 Å². The molecule has 1 aliphatic rings. The van der Waals surface area contributed by atoms with Gasteiger partial charge < -0.3 is 4.90 Å². The second-order valence-corrected chi connectivity index (χ2v) is 16.5. The summed E-state index contributed by atoms with van der Waals surface area (Å²) in [6.07, 6.45) is 0. The van der Waals surface area contributed by atoms with Gasteiger partial charge in [0.05, 0.1) is 28.0 Å². The van der Waals surface area contributed by atoms with Crippen LogP contribution in [0.2, 0.25) is 0 Å². The molecular formula is C56H36N2S. The molecule has 0 N–H and O–H groups in total. The van der Waals surface area contributed by atoms with Crippen molar-refractivity contribution in [3.63, 3.8) is 0 Å². The van der Waals surface area contributed by atoms with Gasteiger partial charge in [0.1, 0.15) is 0 Å². The average Bonchev–Trinajstić information content (AvgIpc) is 3.69. The van der Waals surface area contributed by atoms with Crippen LogP contribution >= 0.6 is 11.3 Å². The largest absolute Gasteiger partial charge is 0.310 e. The van der Waals surface area contributed by atoms with Crippen molar-refractivity contribution in [2.45, 2.75) is 5.41 Å². The van der Waals surface area contributed by atoms with E-state index < -0.39 is 5.41 Å². The molecule has 0 saturated carbocycles. The van der Waals surface area contributed by atoms with E-state index in [0.717, 1.165) is 22.5 Å². The molecule has 0 saturated heterocycles. The van der Waals surface area contributed by atoms with Crippen molar-refractivity contribution in [2.75, 3.05) is 4.90 Å². The standard InChI is InChI=1S/C56H36N2S/c1-4-17-37(18-5-1)54-45-33-32-43-46-36-39(31-34-52(46)59-55(43)53(45)44-25-10-13-28-49(44)57-54)38-19-16-24-42(35-38)58-50-29-14-11-26-47(50)56(40-20-6-2-7-21-40,41-22-8-3-9-23-41)48-27-12-15-30-51(48)58/h1-36H. The molecule has 2 aromatic heterocycles. The number of hydrogen-bond donors (Lipinski definition) is 0. The van der Waals surface area contributed by atoms with Crippen molar-refractivity contribution in [1.82, 2.24) is 4.98 Å². The van der Waals surface area contributed by atoms with Crippen molar-refractivity contribution in [2.24, 2.45) is 0 Å². The SMILES string of the molecule is c1ccc(-c2nc3ccccc3c3c2ccc2c4cc(-c5cccc(N6c7ccccc7C(c7ccccc7)(c7ccccc7)c7ccccc76)c5)ccc4sc23)cc1. The minimum Gasteiger partial charge on any atom is -0.310 e. The van der Waals surface area contributed by atoms with Crippen LogP contribution in [0.25, 0.3) is 64.2 Å². The molecule has 0 bridgehead atoms. The Hall–Kier alpha value is -7.33. The molecule has 9 aromatic carbocycles. The molecule has 59 heavy (non-hydrogen) atoms. The summed E-state index contributed by atoms with van der Waals surface area (Å²) in [6, 6.07) is 79.8. The number of anilines is 3. The third-order valence-electron chi connectivity index (χ3n) is 12.3. The minimum atomic E-state index is -0.498. The van der Waals surface area contributed by atoms with E-state index in [2.05, 4.69) is 223 Å². The molecule has 0 aliphatic carbocycles. The lowest BCUT2D eigenvalue weighted by Crippen LogP contribution is -2.37. The maximum absolute atomic E-state index is 5.20. The summed E-state index contributed by atoms with van der Waals surface area (Å²) in [4.78, 5) is 7.67. The van der Waals surface area contributed by atoms with Crippen LogP contribution in [-0.2, 0) is 5.41 Å². The van der Waals surface area contributed by atoms with E-state index in [1.54, 1.807) is 0 Å². The van der Waals surface area contributed by atoms with Gasteiger partial charge in [-0.25, -0.2) is 4.98 Å². The van der Waals surface area contributed by atoms with E-state index in [9.17, 15) is 0 Å². The topological polar surface area (TPSA) is 16.1 Å². The summed E-state index contributed by atoms with van der Waals surface area (Å²) in [5.74, 6) is 0. The van der Waals surface area contributed by atoms with Gasteiger partial charge in [-0.05, 0) is 75.8 Å². The molecule has 1 aliphatic heterocycles. The third kappa shape index (κ3) is 5.08. The van der Waals surface area contributed by atoms with Gasteiger partial charge in [0.15, 0.2) is 0 Å². The van der Waals surface area contributed by atoms with E-state index in [4.69, 9.17) is 4.98 Å². The summed E-state index contributed by atoms with van der Waals surface area (Å²) >= 11 is 1.88. The van der Waals surface area contributed by atoms with Crippen molar-refractivity contribution < 1.29 is 0 Å². The van der Waals surface area contributed by atoms with Crippen LogP contribution in [0.1, 0.15) is 22.3 Å². The zero-order chi connectivity index (χ0) is 38.9. The van der Waals surface area contributed by atoms with Crippen LogP contribution < -0.4 is 4.90 Å². The molecule has 3 heterocycles. The molecule has 0 atom stereocenters. The minimum absolute atomic E-state index is 0.498. The van der Waals surface area contributed by atoms with Crippen LogP contribution in [0.3, 0.4) is 0 Å². The van der Waals surface area contributed by atoms with Gasteiger partial charge >= 0.3 is 0 Å². The molecule has 11 aromatic rings. The fraction of sp³-hybridized carbons (Fsp3) is 0.0179. The second-order valence-electron chi connectivity index (χ2n) is 15.4. The molecule has 3 heteroatoms. The Kier molecular flexibility index (Phi) is 7.66. The van der Waals surface area contributed by atoms with Gasteiger partial charge in [-0.3, -0.25) is 0 Å². The summed E-state index contributed by atoms with van der Waals surface area (Å²) in [5, 5.41) is 6.22. The highest BCUT2D eigenvalue weighted by Gasteiger charge is 2.46. The molecule has 0 amide bonds. The number of nitrogens with zero attached hydrogens (tertiary/aromatic N) is 2. The first-order valence-corrected chi connectivity index (χ1v) is 21.0. The van der Waals surface area contributed by atoms with Crippen LogP contribution in [0.15, 0.2) is 218 Å². The number of para-hydroxylation sites is 3. The van der Waals surface area contributed by atoms with Crippen LogP contribution in [0.4, 0.5) is 17.1 Å². The number of rotatable bonds is 5. The van der Waals surface area contributed by atoms with Gasteiger partial charge in [-0.15, -0.1) is 11.3 Å². The van der Waals surface area contributed by atoms with Gasteiger partial charge in [-0.1, -0.05) is 176 Å². The van der Waals surface area contributed by atoms with Gasteiger partial charge in [-0.2, -0.15) is 0 Å². The van der Waals surface area contributed by atoms with Crippen LogP contribution in [-0.4, -0.2) is 4.98 Å². The maximum atomic E-state index is 5.20. The monoisotopic (exact) mass is 768 g/mol. The van der Waals surface area contributed by atoms with Crippen molar-refractivity contribution in [1.29, 1.82) is 0 Å². The van der Waals surface area contributed by atoms with Gasteiger partial charge in [0, 0.05) is 47.6 Å². The molecule has 276 valence electrons. The number of thiophene rings is 1. The fourth-order valence-corrected chi connectivity index (χ4v) is 11.0. The first-order valence-electron chi connectivity index (χ1n) is 20.2. The van der Waals surface area contributed by atoms with Crippen LogP contribution in [0.5, 0.6) is 0 Å². The lowest BCUT2D eigenvalue weighted by Gasteiger charge is -2.46. The lowest BCUT2D eigenvalue weighted by molar-refractivity contribution is 0.731. The molecule has 12 rings (SSSR count).